The van der Waals surface area contributed by atoms with Gasteiger partial charge in [0.1, 0.15) is 0 Å². The fraction of sp³-hybridized carbons (Fsp3) is 0.190. The van der Waals surface area contributed by atoms with Gasteiger partial charge in [-0.1, -0.05) is 36.4 Å². The molecule has 1 amide bonds. The van der Waals surface area contributed by atoms with Crippen LogP contribution in [-0.4, -0.2) is 29.6 Å². The number of benzene rings is 2. The first-order valence-electron chi connectivity index (χ1n) is 8.50. The Balaban J connectivity index is 1.51. The standard InChI is InChI=1S/C21H22N2O2S/c1-23(12-10-17-6-8-19-11-13-26-20(19)14-17)15-18-4-2-16(3-5-18)7-9-21(24)22-25/h2-9,11,13-14,25H,10,12,15H2,1H3,(H,22,24)/b9-7+. The molecule has 3 aromatic rings. The molecule has 0 unspecified atom stereocenters. The van der Waals surface area contributed by atoms with Crippen molar-refractivity contribution in [3.05, 3.63) is 76.7 Å². The van der Waals surface area contributed by atoms with Gasteiger partial charge in [0, 0.05) is 23.9 Å². The van der Waals surface area contributed by atoms with E-state index in [2.05, 4.69) is 53.7 Å². The number of hydroxylamine groups is 1. The second-order valence-corrected chi connectivity index (χ2v) is 7.28. The molecular weight excluding hydrogens is 344 g/mol. The van der Waals surface area contributed by atoms with Gasteiger partial charge in [-0.3, -0.25) is 10.0 Å². The third-order valence-electron chi connectivity index (χ3n) is 4.27. The highest BCUT2D eigenvalue weighted by atomic mass is 32.1. The number of thiophene rings is 1. The Morgan fingerprint density at radius 2 is 1.92 bits per heavy atom. The molecule has 0 bridgehead atoms. The summed E-state index contributed by atoms with van der Waals surface area (Å²) in [4.78, 5) is 13.3. The first-order valence-corrected chi connectivity index (χ1v) is 9.38. The summed E-state index contributed by atoms with van der Waals surface area (Å²) in [7, 11) is 2.13. The molecule has 0 saturated carbocycles. The third-order valence-corrected chi connectivity index (χ3v) is 5.15. The Bertz CT molecular complexity index is 900. The first kappa shape index (κ1) is 18.3. The van der Waals surface area contributed by atoms with Crippen LogP contribution in [0.4, 0.5) is 0 Å². The van der Waals surface area contributed by atoms with Gasteiger partial charge in [0.05, 0.1) is 0 Å². The van der Waals surface area contributed by atoms with Gasteiger partial charge in [-0.05, 0) is 59.1 Å². The van der Waals surface area contributed by atoms with Crippen LogP contribution in [0.2, 0.25) is 0 Å². The lowest BCUT2D eigenvalue weighted by Crippen LogP contribution is -2.20. The molecule has 0 radical (unpaired) electrons. The Morgan fingerprint density at radius 3 is 2.69 bits per heavy atom. The maximum atomic E-state index is 11.0. The molecule has 5 heteroatoms. The molecule has 2 N–H and O–H groups in total. The molecule has 0 spiro atoms. The highest BCUT2D eigenvalue weighted by molar-refractivity contribution is 7.17. The molecule has 3 rings (SSSR count). The number of amides is 1. The van der Waals surface area contributed by atoms with Crippen LogP contribution in [0.5, 0.6) is 0 Å². The van der Waals surface area contributed by atoms with Crippen molar-refractivity contribution in [1.29, 1.82) is 0 Å². The van der Waals surface area contributed by atoms with E-state index in [-0.39, 0.29) is 0 Å². The lowest BCUT2D eigenvalue weighted by molar-refractivity contribution is -0.124. The maximum absolute atomic E-state index is 11.0. The summed E-state index contributed by atoms with van der Waals surface area (Å²) in [5.41, 5.74) is 5.09. The lowest BCUT2D eigenvalue weighted by atomic mass is 10.1. The minimum atomic E-state index is -0.533. The molecule has 0 saturated heterocycles. The molecule has 1 heterocycles. The summed E-state index contributed by atoms with van der Waals surface area (Å²) in [6, 6.07) is 16.9. The second-order valence-electron chi connectivity index (χ2n) is 6.33. The summed E-state index contributed by atoms with van der Waals surface area (Å²) in [6.07, 6.45) is 3.99. The zero-order valence-corrected chi connectivity index (χ0v) is 15.5. The summed E-state index contributed by atoms with van der Waals surface area (Å²) in [6.45, 7) is 1.87. The highest BCUT2D eigenvalue weighted by Gasteiger charge is 2.03. The Labute approximate surface area is 157 Å². The van der Waals surface area contributed by atoms with Crippen molar-refractivity contribution in [3.8, 4) is 0 Å². The summed E-state index contributed by atoms with van der Waals surface area (Å²) < 4.78 is 1.35. The van der Waals surface area contributed by atoms with Crippen molar-refractivity contribution in [2.24, 2.45) is 0 Å². The number of carbonyl (C=O) groups excluding carboxylic acids is 1. The van der Waals surface area contributed by atoms with Crippen LogP contribution in [0.1, 0.15) is 16.7 Å². The largest absolute Gasteiger partial charge is 0.302 e. The van der Waals surface area contributed by atoms with E-state index in [0.717, 1.165) is 25.1 Å². The van der Waals surface area contributed by atoms with Gasteiger partial charge in [0.25, 0.3) is 5.91 Å². The third kappa shape index (κ3) is 5.02. The quantitative estimate of drug-likeness (QED) is 0.376. The van der Waals surface area contributed by atoms with Crippen LogP contribution in [0.3, 0.4) is 0 Å². The molecular formula is C21H22N2O2S. The van der Waals surface area contributed by atoms with Gasteiger partial charge in [0.2, 0.25) is 0 Å². The fourth-order valence-electron chi connectivity index (χ4n) is 2.81. The van der Waals surface area contributed by atoms with E-state index in [9.17, 15) is 4.79 Å². The summed E-state index contributed by atoms with van der Waals surface area (Å²) in [5.74, 6) is -0.533. The summed E-state index contributed by atoms with van der Waals surface area (Å²) in [5, 5.41) is 11.9. The number of rotatable bonds is 7. The first-order chi connectivity index (χ1) is 12.6. The molecule has 0 aliphatic carbocycles. The van der Waals surface area contributed by atoms with E-state index in [1.165, 1.54) is 27.3 Å². The van der Waals surface area contributed by atoms with E-state index >= 15 is 0 Å². The van der Waals surface area contributed by atoms with Crippen molar-refractivity contribution >= 4 is 33.4 Å². The number of hydrogen-bond acceptors (Lipinski definition) is 4. The van der Waals surface area contributed by atoms with E-state index in [0.29, 0.717) is 0 Å². The molecule has 1 aromatic heterocycles. The minimum absolute atomic E-state index is 0.533. The van der Waals surface area contributed by atoms with Crippen LogP contribution < -0.4 is 5.48 Å². The maximum Gasteiger partial charge on any atom is 0.267 e. The predicted octanol–water partition coefficient (Wildman–Crippen LogP) is 4.09. The van der Waals surface area contributed by atoms with Crippen LogP contribution in [0.15, 0.2) is 60.0 Å². The van der Waals surface area contributed by atoms with E-state index < -0.39 is 5.91 Å². The molecule has 26 heavy (non-hydrogen) atoms. The highest BCUT2D eigenvalue weighted by Crippen LogP contribution is 2.22. The average Bonchev–Trinajstić information content (AvgIpc) is 3.13. The fourth-order valence-corrected chi connectivity index (χ4v) is 3.66. The molecule has 0 aliphatic heterocycles. The second kappa shape index (κ2) is 8.76. The zero-order chi connectivity index (χ0) is 18.4. The van der Waals surface area contributed by atoms with Gasteiger partial charge in [-0.15, -0.1) is 11.3 Å². The number of likely N-dealkylation sites (N-methyl/N-ethyl adjacent to an activating group) is 1. The van der Waals surface area contributed by atoms with Gasteiger partial charge in [-0.25, -0.2) is 5.48 Å². The number of carbonyl (C=O) groups is 1. The SMILES string of the molecule is CN(CCc1ccc2ccsc2c1)Cc1ccc(/C=C/C(=O)NO)cc1. The number of fused-ring (bicyclic) bond motifs is 1. The van der Waals surface area contributed by atoms with Gasteiger partial charge < -0.3 is 4.90 Å². The smallest absolute Gasteiger partial charge is 0.267 e. The topological polar surface area (TPSA) is 52.6 Å². The average molecular weight is 366 g/mol. The minimum Gasteiger partial charge on any atom is -0.302 e. The Hall–Kier alpha value is -2.47. The van der Waals surface area contributed by atoms with E-state index in [1.807, 2.05) is 12.1 Å². The van der Waals surface area contributed by atoms with Gasteiger partial charge in [0.15, 0.2) is 0 Å². The van der Waals surface area contributed by atoms with Crippen LogP contribution in [0, 0.1) is 0 Å². The molecule has 2 aromatic carbocycles. The monoisotopic (exact) mass is 366 g/mol. The number of nitrogens with one attached hydrogen (secondary N) is 1. The lowest BCUT2D eigenvalue weighted by Gasteiger charge is -2.17. The van der Waals surface area contributed by atoms with Crippen LogP contribution in [-0.2, 0) is 17.8 Å². The predicted molar refractivity (Wildman–Crippen MR) is 107 cm³/mol. The van der Waals surface area contributed by atoms with E-state index in [1.54, 1.807) is 22.9 Å². The Morgan fingerprint density at radius 1 is 1.15 bits per heavy atom. The van der Waals surface area contributed by atoms with Gasteiger partial charge in [-0.2, -0.15) is 0 Å². The van der Waals surface area contributed by atoms with Crippen LogP contribution in [0.25, 0.3) is 16.2 Å². The number of hydrogen-bond donors (Lipinski definition) is 2. The van der Waals surface area contributed by atoms with Crippen molar-refractivity contribution in [2.75, 3.05) is 13.6 Å². The van der Waals surface area contributed by atoms with Crippen molar-refractivity contribution in [1.82, 2.24) is 10.4 Å². The van der Waals surface area contributed by atoms with Gasteiger partial charge >= 0.3 is 0 Å². The summed E-state index contributed by atoms with van der Waals surface area (Å²) >= 11 is 1.79. The molecule has 0 fully saturated rings. The van der Waals surface area contributed by atoms with Crippen molar-refractivity contribution < 1.29 is 10.0 Å². The molecule has 134 valence electrons. The van der Waals surface area contributed by atoms with Crippen molar-refractivity contribution in [3.63, 3.8) is 0 Å². The molecule has 0 aliphatic rings. The Kier molecular flexibility index (Phi) is 6.17. The number of nitrogens with zero attached hydrogens (tertiary/aromatic N) is 1. The molecule has 4 nitrogen and oxygen atoms in total. The normalized spacial score (nSPS) is 11.5. The van der Waals surface area contributed by atoms with E-state index in [4.69, 9.17) is 5.21 Å². The van der Waals surface area contributed by atoms with Crippen molar-refractivity contribution in [2.45, 2.75) is 13.0 Å². The zero-order valence-electron chi connectivity index (χ0n) is 14.7. The van der Waals surface area contributed by atoms with Crippen LogP contribution >= 0.6 is 11.3 Å². The molecule has 0 atom stereocenters.